The normalized spacial score (nSPS) is 19.5. The van der Waals surface area contributed by atoms with Crippen molar-refractivity contribution in [3.8, 4) is 0 Å². The summed E-state index contributed by atoms with van der Waals surface area (Å²) in [5, 5.41) is 15.3. The zero-order chi connectivity index (χ0) is 20.8. The van der Waals surface area contributed by atoms with E-state index < -0.39 is 18.1 Å². The van der Waals surface area contributed by atoms with Crippen LogP contribution in [0.15, 0.2) is 41.9 Å². The van der Waals surface area contributed by atoms with E-state index in [1.165, 1.54) is 23.3 Å². The van der Waals surface area contributed by atoms with E-state index in [0.29, 0.717) is 19.4 Å². The Morgan fingerprint density at radius 3 is 2.76 bits per heavy atom. The molecule has 0 spiro atoms. The highest BCUT2D eigenvalue weighted by molar-refractivity contribution is 7.09. The van der Waals surface area contributed by atoms with Crippen LogP contribution in [0.1, 0.15) is 36.4 Å². The number of carbonyl (C=O) groups excluding carboxylic acids is 1. The number of nitrogens with one attached hydrogen (secondary N) is 1. The fourth-order valence-corrected chi connectivity index (χ4v) is 4.66. The molecule has 7 nitrogen and oxygen atoms in total. The maximum atomic E-state index is 13.1. The van der Waals surface area contributed by atoms with E-state index in [1.54, 1.807) is 13.1 Å². The van der Waals surface area contributed by atoms with Gasteiger partial charge < -0.3 is 20.1 Å². The molecule has 1 aliphatic rings. The summed E-state index contributed by atoms with van der Waals surface area (Å²) in [4.78, 5) is 30.4. The highest BCUT2D eigenvalue weighted by Crippen LogP contribution is 2.27. The van der Waals surface area contributed by atoms with Crippen molar-refractivity contribution >= 4 is 23.3 Å². The van der Waals surface area contributed by atoms with Crippen LogP contribution < -0.4 is 5.32 Å². The lowest BCUT2D eigenvalue weighted by molar-refractivity contribution is -0.131. The average Bonchev–Trinajstić information content (AvgIpc) is 3.41. The highest BCUT2D eigenvalue weighted by Gasteiger charge is 2.40. The molecule has 2 heterocycles. The summed E-state index contributed by atoms with van der Waals surface area (Å²) in [5.41, 5.74) is 1.11. The van der Waals surface area contributed by atoms with Crippen molar-refractivity contribution in [2.75, 3.05) is 13.7 Å². The van der Waals surface area contributed by atoms with E-state index in [4.69, 9.17) is 4.74 Å². The Labute approximate surface area is 174 Å². The first kappa shape index (κ1) is 21.3. The summed E-state index contributed by atoms with van der Waals surface area (Å²) in [5.74, 6) is -0.659. The van der Waals surface area contributed by atoms with Crippen molar-refractivity contribution in [3.63, 3.8) is 0 Å². The van der Waals surface area contributed by atoms with E-state index in [-0.39, 0.29) is 18.0 Å². The second kappa shape index (κ2) is 9.84. The Morgan fingerprint density at radius 2 is 2.14 bits per heavy atom. The number of ether oxygens (including phenoxy) is 1. The van der Waals surface area contributed by atoms with Gasteiger partial charge in [0.05, 0.1) is 24.1 Å². The van der Waals surface area contributed by atoms with Crippen molar-refractivity contribution in [1.29, 1.82) is 0 Å². The van der Waals surface area contributed by atoms with Crippen LogP contribution in [0.2, 0.25) is 0 Å². The molecule has 0 unspecified atom stereocenters. The minimum Gasteiger partial charge on any atom is -0.465 e. The summed E-state index contributed by atoms with van der Waals surface area (Å²) in [6.07, 6.45) is 2.38. The third kappa shape index (κ3) is 5.13. The zero-order valence-electron chi connectivity index (χ0n) is 16.7. The molecule has 0 radical (unpaired) electrons. The maximum Gasteiger partial charge on any atom is 0.407 e. The largest absolute Gasteiger partial charge is 0.465 e. The predicted molar refractivity (Wildman–Crippen MR) is 111 cm³/mol. The van der Waals surface area contributed by atoms with Crippen molar-refractivity contribution < 1.29 is 19.4 Å². The van der Waals surface area contributed by atoms with Crippen molar-refractivity contribution in [1.82, 2.24) is 15.2 Å². The van der Waals surface area contributed by atoms with Gasteiger partial charge in [-0.3, -0.25) is 4.79 Å². The Morgan fingerprint density at radius 1 is 1.38 bits per heavy atom. The lowest BCUT2D eigenvalue weighted by Gasteiger charge is -2.33. The van der Waals surface area contributed by atoms with Crippen LogP contribution in [0.3, 0.4) is 0 Å². The second-order valence-corrected chi connectivity index (χ2v) is 8.22. The van der Waals surface area contributed by atoms with E-state index in [9.17, 15) is 14.7 Å². The fraction of sp³-hybridized carbons (Fsp3) is 0.476. The van der Waals surface area contributed by atoms with Crippen LogP contribution in [0.4, 0.5) is 4.79 Å². The molecule has 29 heavy (non-hydrogen) atoms. The van der Waals surface area contributed by atoms with Gasteiger partial charge in [0.2, 0.25) is 5.91 Å². The maximum absolute atomic E-state index is 13.1. The van der Waals surface area contributed by atoms with Gasteiger partial charge in [0.25, 0.3) is 0 Å². The molecule has 2 amide bonds. The SMILES string of the molecule is CO[C@H]([C@@H](C)C(=O)N[C@@H](Cc1ccccc1)c1nccs1)[C@@H]1CCCN1C(=O)O. The number of thiazole rings is 1. The number of amides is 2. The lowest BCUT2D eigenvalue weighted by Crippen LogP contribution is -2.49. The summed E-state index contributed by atoms with van der Waals surface area (Å²) < 4.78 is 5.61. The molecule has 1 saturated heterocycles. The summed E-state index contributed by atoms with van der Waals surface area (Å²) in [6, 6.07) is 9.39. The van der Waals surface area contributed by atoms with E-state index in [2.05, 4.69) is 10.3 Å². The van der Waals surface area contributed by atoms with Crippen LogP contribution in [0, 0.1) is 5.92 Å². The van der Waals surface area contributed by atoms with Gasteiger partial charge in [-0.2, -0.15) is 0 Å². The van der Waals surface area contributed by atoms with Gasteiger partial charge in [-0.1, -0.05) is 37.3 Å². The van der Waals surface area contributed by atoms with Crippen LogP contribution in [-0.4, -0.2) is 52.8 Å². The highest BCUT2D eigenvalue weighted by atomic mass is 32.1. The number of rotatable bonds is 8. The molecule has 1 aromatic heterocycles. The minimum absolute atomic E-state index is 0.162. The number of methoxy groups -OCH3 is 1. The average molecular weight is 418 g/mol. The number of nitrogens with zero attached hydrogens (tertiary/aromatic N) is 2. The molecular weight excluding hydrogens is 390 g/mol. The first-order chi connectivity index (χ1) is 14.0. The van der Waals surface area contributed by atoms with Crippen molar-refractivity contribution in [3.05, 3.63) is 52.5 Å². The third-order valence-electron chi connectivity index (χ3n) is 5.45. The topological polar surface area (TPSA) is 91.8 Å². The Kier molecular flexibility index (Phi) is 7.22. The third-order valence-corrected chi connectivity index (χ3v) is 6.34. The van der Waals surface area contributed by atoms with E-state index in [0.717, 1.165) is 17.0 Å². The standard InChI is InChI=1S/C21H27N3O4S/c1-14(18(28-2)17-9-6-11-24(17)21(26)27)19(25)23-16(20-22-10-12-29-20)13-15-7-4-3-5-8-15/h3-5,7-8,10,12,14,16-18H,6,9,11,13H2,1-2H3,(H,23,25)(H,26,27)/t14-,16+,17+,18-/m1/s1. The first-order valence-electron chi connectivity index (χ1n) is 9.77. The Hall–Kier alpha value is -2.45. The van der Waals surface area contributed by atoms with Gasteiger partial charge in [-0.05, 0) is 24.8 Å². The number of carboxylic acid groups (broad SMARTS) is 1. The van der Waals surface area contributed by atoms with Gasteiger partial charge in [0.1, 0.15) is 5.01 Å². The van der Waals surface area contributed by atoms with Crippen LogP contribution in [0.25, 0.3) is 0 Å². The second-order valence-electron chi connectivity index (χ2n) is 7.30. The van der Waals surface area contributed by atoms with Gasteiger partial charge in [0, 0.05) is 25.2 Å². The molecular formula is C21H27N3O4S. The zero-order valence-corrected chi connectivity index (χ0v) is 17.5. The van der Waals surface area contributed by atoms with Gasteiger partial charge in [-0.15, -0.1) is 11.3 Å². The molecule has 4 atom stereocenters. The number of carbonyl (C=O) groups is 2. The van der Waals surface area contributed by atoms with E-state index in [1.807, 2.05) is 35.7 Å². The molecule has 3 rings (SSSR count). The molecule has 156 valence electrons. The molecule has 2 aromatic rings. The lowest BCUT2D eigenvalue weighted by atomic mass is 9.94. The molecule has 0 saturated carbocycles. The van der Waals surface area contributed by atoms with Gasteiger partial charge >= 0.3 is 6.09 Å². The monoisotopic (exact) mass is 417 g/mol. The van der Waals surface area contributed by atoms with Gasteiger partial charge in [-0.25, -0.2) is 9.78 Å². The number of aromatic nitrogens is 1. The quantitative estimate of drug-likeness (QED) is 0.687. The van der Waals surface area contributed by atoms with Crippen molar-refractivity contribution in [2.24, 2.45) is 5.92 Å². The number of hydrogen-bond acceptors (Lipinski definition) is 5. The molecule has 1 fully saturated rings. The predicted octanol–water partition coefficient (Wildman–Crippen LogP) is 3.34. The fourth-order valence-electron chi connectivity index (χ4n) is 3.97. The van der Waals surface area contributed by atoms with Crippen LogP contribution in [0.5, 0.6) is 0 Å². The smallest absolute Gasteiger partial charge is 0.407 e. The number of likely N-dealkylation sites (tertiary alicyclic amines) is 1. The number of hydrogen-bond donors (Lipinski definition) is 2. The molecule has 0 bridgehead atoms. The minimum atomic E-state index is -0.966. The summed E-state index contributed by atoms with van der Waals surface area (Å²) in [6.45, 7) is 2.27. The van der Waals surface area contributed by atoms with Crippen molar-refractivity contribution in [2.45, 2.75) is 44.4 Å². The Bertz CT molecular complexity index is 800. The van der Waals surface area contributed by atoms with Gasteiger partial charge in [0.15, 0.2) is 0 Å². The van der Waals surface area contributed by atoms with Crippen LogP contribution >= 0.6 is 11.3 Å². The van der Waals surface area contributed by atoms with Crippen LogP contribution in [-0.2, 0) is 16.0 Å². The molecule has 0 aliphatic carbocycles. The number of benzene rings is 1. The summed E-state index contributed by atoms with van der Waals surface area (Å²) >= 11 is 1.50. The molecule has 8 heteroatoms. The first-order valence-corrected chi connectivity index (χ1v) is 10.6. The molecule has 1 aromatic carbocycles. The Balaban J connectivity index is 1.73. The summed E-state index contributed by atoms with van der Waals surface area (Å²) in [7, 11) is 1.54. The van der Waals surface area contributed by atoms with E-state index >= 15 is 0 Å². The molecule has 1 aliphatic heterocycles. The molecule has 2 N–H and O–H groups in total.